The number of likely N-dealkylation sites (tertiary alicyclic amines) is 1. The average Bonchev–Trinajstić information content (AvgIpc) is 2.89. The van der Waals surface area contributed by atoms with Gasteiger partial charge in [-0.3, -0.25) is 0 Å². The zero-order valence-electron chi connectivity index (χ0n) is 17.0. The maximum atomic E-state index is 12.4. The molecule has 4 bridgehead atoms. The lowest BCUT2D eigenvalue weighted by atomic mass is 9.73. The van der Waals surface area contributed by atoms with Gasteiger partial charge in [-0.15, -0.1) is 0 Å². The van der Waals surface area contributed by atoms with E-state index in [-0.39, 0.29) is 42.7 Å². The lowest BCUT2D eigenvalue weighted by Gasteiger charge is -2.56. The number of piperidine rings is 1. The van der Waals surface area contributed by atoms with E-state index in [9.17, 15) is 4.79 Å². The lowest BCUT2D eigenvalue weighted by molar-refractivity contribution is -0.410. The first-order valence-electron chi connectivity index (χ1n) is 10.5. The first-order chi connectivity index (χ1) is 12.9. The number of nitrogens with one attached hydrogen (secondary N) is 1. The largest absolute Gasteiger partial charge is 0.443 e. The average molecular weight is 383 g/mol. The van der Waals surface area contributed by atoms with E-state index in [0.717, 1.165) is 26.1 Å². The number of amides is 1. The van der Waals surface area contributed by atoms with Crippen molar-refractivity contribution in [1.29, 1.82) is 0 Å². The summed E-state index contributed by atoms with van der Waals surface area (Å²) in [5, 5.41) is 2.86. The standard InChI is InChI=1S/C20H34N2O5/c1-12(2)21-19(23)25-15-10-14-13(3)17-26-18(24-4)16(14)20(15,27-17)11-22-8-6-5-7-9-22/h12-18H,5-11H2,1-4H3,(H,21,23). The highest BCUT2D eigenvalue weighted by Gasteiger charge is 2.70. The quantitative estimate of drug-likeness (QED) is 0.787. The monoisotopic (exact) mass is 382 g/mol. The van der Waals surface area contributed by atoms with Crippen molar-refractivity contribution in [1.82, 2.24) is 10.2 Å². The zero-order valence-corrected chi connectivity index (χ0v) is 17.0. The van der Waals surface area contributed by atoms with Crippen molar-refractivity contribution in [2.75, 3.05) is 26.7 Å². The van der Waals surface area contributed by atoms with E-state index in [2.05, 4.69) is 17.1 Å². The van der Waals surface area contributed by atoms with Gasteiger partial charge in [-0.05, 0) is 52.1 Å². The smallest absolute Gasteiger partial charge is 0.407 e. The fraction of sp³-hybridized carbons (Fsp3) is 0.950. The van der Waals surface area contributed by atoms with Crippen LogP contribution in [0, 0.1) is 17.8 Å². The van der Waals surface area contributed by atoms with Crippen LogP contribution in [-0.4, -0.2) is 68.1 Å². The van der Waals surface area contributed by atoms with E-state index in [1.807, 2.05) is 13.8 Å². The molecule has 0 aromatic carbocycles. The van der Waals surface area contributed by atoms with Crippen molar-refractivity contribution in [3.05, 3.63) is 0 Å². The van der Waals surface area contributed by atoms with Gasteiger partial charge in [-0.2, -0.15) is 0 Å². The molecule has 7 atom stereocenters. The number of rotatable bonds is 5. The number of methoxy groups -OCH3 is 1. The second kappa shape index (κ2) is 7.50. The molecule has 0 radical (unpaired) electrons. The number of hydrogen-bond donors (Lipinski definition) is 1. The van der Waals surface area contributed by atoms with Crippen molar-refractivity contribution in [2.24, 2.45) is 17.8 Å². The molecule has 1 aliphatic carbocycles. The number of fused-ring (bicyclic) bond motifs is 1. The number of carbonyl (C=O) groups excluding carboxylic acids is 1. The summed E-state index contributed by atoms with van der Waals surface area (Å²) < 4.78 is 24.3. The molecule has 1 saturated carbocycles. The van der Waals surface area contributed by atoms with Crippen molar-refractivity contribution in [3.63, 3.8) is 0 Å². The molecule has 0 spiro atoms. The van der Waals surface area contributed by atoms with Gasteiger partial charge in [0.2, 0.25) is 0 Å². The highest BCUT2D eigenvalue weighted by Crippen LogP contribution is 2.59. The summed E-state index contributed by atoms with van der Waals surface area (Å²) in [4.78, 5) is 14.9. The van der Waals surface area contributed by atoms with Crippen LogP contribution >= 0.6 is 0 Å². The minimum Gasteiger partial charge on any atom is -0.443 e. The van der Waals surface area contributed by atoms with Gasteiger partial charge in [0.1, 0.15) is 11.7 Å². The van der Waals surface area contributed by atoms with Crippen LogP contribution in [0.4, 0.5) is 4.79 Å². The van der Waals surface area contributed by atoms with Crippen LogP contribution in [0.15, 0.2) is 0 Å². The molecule has 5 aliphatic rings. The molecular weight excluding hydrogens is 348 g/mol. The number of alkyl carbamates (subject to hydrolysis) is 1. The maximum Gasteiger partial charge on any atom is 0.407 e. The van der Waals surface area contributed by atoms with E-state index in [1.165, 1.54) is 19.3 Å². The lowest BCUT2D eigenvalue weighted by Crippen LogP contribution is -2.68. The van der Waals surface area contributed by atoms with Gasteiger partial charge in [0.05, 0.1) is 0 Å². The van der Waals surface area contributed by atoms with Gasteiger partial charge in [0.15, 0.2) is 12.6 Å². The van der Waals surface area contributed by atoms with Gasteiger partial charge in [-0.1, -0.05) is 13.3 Å². The molecule has 7 nitrogen and oxygen atoms in total. The fourth-order valence-electron chi connectivity index (χ4n) is 5.65. The molecule has 7 unspecified atom stereocenters. The van der Waals surface area contributed by atoms with E-state index < -0.39 is 5.60 Å². The molecule has 5 fully saturated rings. The number of hydrogen-bond acceptors (Lipinski definition) is 6. The van der Waals surface area contributed by atoms with E-state index in [4.69, 9.17) is 18.9 Å². The van der Waals surface area contributed by atoms with E-state index in [0.29, 0.717) is 5.92 Å². The molecule has 0 aromatic heterocycles. The third-order valence-corrected chi connectivity index (χ3v) is 6.87. The van der Waals surface area contributed by atoms with Crippen LogP contribution in [0.5, 0.6) is 0 Å². The summed E-state index contributed by atoms with van der Waals surface area (Å²) in [6.45, 7) is 8.98. The second-order valence-corrected chi connectivity index (χ2v) is 9.00. The molecule has 4 aliphatic heterocycles. The third-order valence-electron chi connectivity index (χ3n) is 6.87. The molecule has 1 N–H and O–H groups in total. The minimum absolute atomic E-state index is 0.0441. The van der Waals surface area contributed by atoms with Gasteiger partial charge in [0, 0.05) is 31.5 Å². The second-order valence-electron chi connectivity index (χ2n) is 9.00. The van der Waals surface area contributed by atoms with Crippen LogP contribution in [0.25, 0.3) is 0 Å². The first-order valence-corrected chi connectivity index (χ1v) is 10.5. The summed E-state index contributed by atoms with van der Waals surface area (Å²) in [6.07, 6.45) is 3.31. The Balaban J connectivity index is 1.61. The Labute approximate surface area is 162 Å². The molecule has 4 heterocycles. The summed E-state index contributed by atoms with van der Waals surface area (Å²) in [5.74, 6) is 0.739. The summed E-state index contributed by atoms with van der Waals surface area (Å²) in [5.41, 5.74) is -0.549. The fourth-order valence-corrected chi connectivity index (χ4v) is 5.65. The highest BCUT2D eigenvalue weighted by molar-refractivity contribution is 5.67. The molecule has 5 rings (SSSR count). The SMILES string of the molecule is COC1OC2OC3(CN4CCCCC4)C(OC(=O)NC(C)C)CC(C2C)C13. The van der Waals surface area contributed by atoms with Gasteiger partial charge < -0.3 is 29.2 Å². The Morgan fingerprint density at radius 3 is 2.70 bits per heavy atom. The maximum absolute atomic E-state index is 12.4. The molecule has 0 aromatic rings. The topological polar surface area (TPSA) is 69.3 Å². The van der Waals surface area contributed by atoms with Crippen LogP contribution in [0.3, 0.4) is 0 Å². The number of ether oxygens (including phenoxy) is 4. The Bertz CT molecular complexity index is 552. The molecule has 27 heavy (non-hydrogen) atoms. The van der Waals surface area contributed by atoms with Crippen molar-refractivity contribution in [2.45, 2.75) is 76.8 Å². The summed E-state index contributed by atoms with van der Waals surface area (Å²) >= 11 is 0. The third kappa shape index (κ3) is 3.37. The number of carbonyl (C=O) groups is 1. The summed E-state index contributed by atoms with van der Waals surface area (Å²) in [6, 6.07) is 0.0441. The Hall–Kier alpha value is -0.890. The van der Waals surface area contributed by atoms with Crippen LogP contribution in [-0.2, 0) is 18.9 Å². The summed E-state index contributed by atoms with van der Waals surface area (Å²) in [7, 11) is 1.70. The molecular formula is C20H34N2O5. The van der Waals surface area contributed by atoms with Gasteiger partial charge >= 0.3 is 6.09 Å². The normalized spacial score (nSPS) is 43.9. The molecule has 154 valence electrons. The predicted molar refractivity (Wildman–Crippen MR) is 99.1 cm³/mol. The van der Waals surface area contributed by atoms with Crippen LogP contribution < -0.4 is 5.32 Å². The Kier molecular flexibility index (Phi) is 5.40. The van der Waals surface area contributed by atoms with Crippen LogP contribution in [0.1, 0.15) is 46.5 Å². The van der Waals surface area contributed by atoms with Crippen LogP contribution in [0.2, 0.25) is 0 Å². The van der Waals surface area contributed by atoms with Gasteiger partial charge in [0.25, 0.3) is 0 Å². The minimum atomic E-state index is -0.549. The van der Waals surface area contributed by atoms with Crippen molar-refractivity contribution < 1.29 is 23.7 Å². The Morgan fingerprint density at radius 2 is 2.04 bits per heavy atom. The first kappa shape index (κ1) is 19.4. The molecule has 4 saturated heterocycles. The van der Waals surface area contributed by atoms with Gasteiger partial charge in [-0.25, -0.2) is 4.79 Å². The van der Waals surface area contributed by atoms with E-state index in [1.54, 1.807) is 7.11 Å². The van der Waals surface area contributed by atoms with E-state index >= 15 is 0 Å². The van der Waals surface area contributed by atoms with Crippen molar-refractivity contribution in [3.8, 4) is 0 Å². The van der Waals surface area contributed by atoms with Crippen molar-refractivity contribution >= 4 is 6.09 Å². The molecule has 7 heteroatoms. The number of nitrogens with zero attached hydrogens (tertiary/aromatic N) is 1. The zero-order chi connectivity index (χ0) is 19.2. The highest BCUT2D eigenvalue weighted by atomic mass is 16.8. The molecule has 1 amide bonds. The Morgan fingerprint density at radius 1 is 1.30 bits per heavy atom. The predicted octanol–water partition coefficient (Wildman–Crippen LogP) is 2.35.